The number of thioether (sulfide) groups is 1. The van der Waals surface area contributed by atoms with Crippen molar-refractivity contribution in [1.82, 2.24) is 14.8 Å². The van der Waals surface area contributed by atoms with Gasteiger partial charge in [-0.2, -0.15) is 0 Å². The van der Waals surface area contributed by atoms with E-state index < -0.39 is 0 Å². The van der Waals surface area contributed by atoms with Gasteiger partial charge in [-0.3, -0.25) is 14.5 Å². The molecule has 6 nitrogen and oxygen atoms in total. The Kier molecular flexibility index (Phi) is 5.93. The van der Waals surface area contributed by atoms with E-state index >= 15 is 0 Å². The van der Waals surface area contributed by atoms with Crippen molar-refractivity contribution in [2.75, 3.05) is 39.5 Å². The van der Waals surface area contributed by atoms with E-state index in [-0.39, 0.29) is 17.1 Å². The molecule has 1 aromatic carbocycles. The number of nitrogens with zero attached hydrogens (tertiary/aromatic N) is 3. The Hall–Kier alpha value is -1.64. The predicted octanol–water partition coefficient (Wildman–Crippen LogP) is 1.85. The number of likely N-dealkylation sites (N-methyl/N-ethyl adjacent to an activating group) is 1. The average Bonchev–Trinajstić information content (AvgIpc) is 3.03. The fourth-order valence-corrected chi connectivity index (χ4v) is 4.93. The number of ether oxygens (including phenoxy) is 1. The molecule has 0 bridgehead atoms. The highest BCUT2D eigenvalue weighted by molar-refractivity contribution is 8.00. The van der Waals surface area contributed by atoms with E-state index in [2.05, 4.69) is 11.1 Å². The highest BCUT2D eigenvalue weighted by atomic mass is 32.2. The summed E-state index contributed by atoms with van der Waals surface area (Å²) in [5.74, 6) is 0.538. The molecule has 0 radical (unpaired) electrons. The van der Waals surface area contributed by atoms with Gasteiger partial charge < -0.3 is 9.64 Å². The summed E-state index contributed by atoms with van der Waals surface area (Å²) in [6.45, 7) is 2.04. The first kappa shape index (κ1) is 18.2. The molecule has 134 valence electrons. The van der Waals surface area contributed by atoms with Gasteiger partial charge in [0.25, 0.3) is 0 Å². The molecule has 1 saturated heterocycles. The molecule has 1 aliphatic rings. The highest BCUT2D eigenvalue weighted by Gasteiger charge is 2.29. The van der Waals surface area contributed by atoms with E-state index in [4.69, 9.17) is 4.74 Å². The van der Waals surface area contributed by atoms with Crippen LogP contribution in [-0.4, -0.2) is 71.5 Å². The fourth-order valence-electron chi connectivity index (χ4n) is 2.76. The lowest BCUT2D eigenvalue weighted by atomic mass is 10.3. The van der Waals surface area contributed by atoms with Crippen molar-refractivity contribution in [2.45, 2.75) is 11.8 Å². The van der Waals surface area contributed by atoms with E-state index in [1.54, 1.807) is 28.0 Å². The number of hydrogen-bond acceptors (Lipinski definition) is 7. The first-order valence-electron chi connectivity index (χ1n) is 8.07. The summed E-state index contributed by atoms with van der Waals surface area (Å²) in [5.41, 5.74) is 0.996. The van der Waals surface area contributed by atoms with Crippen LogP contribution in [0.5, 0.6) is 0 Å². The van der Waals surface area contributed by atoms with Gasteiger partial charge >= 0.3 is 5.97 Å². The molecular weight excluding hydrogens is 358 g/mol. The first-order valence-corrected chi connectivity index (χ1v) is 9.93. The maximum absolute atomic E-state index is 12.5. The molecule has 1 atom stereocenters. The number of rotatable bonds is 5. The van der Waals surface area contributed by atoms with Crippen molar-refractivity contribution >= 4 is 45.2 Å². The number of amides is 1. The molecule has 3 rings (SSSR count). The Bertz CT molecular complexity index is 731. The van der Waals surface area contributed by atoms with Crippen molar-refractivity contribution in [3.05, 3.63) is 29.3 Å². The Morgan fingerprint density at radius 1 is 1.40 bits per heavy atom. The SMILES string of the molecule is COC(=O)[C@H]1CN(C(=O)CN(C)Cc2nc3ccccc3s2)CCS1. The standard InChI is InChI=1S/C17H21N3O3S2/c1-19(10-15-18-12-5-3-4-6-13(12)25-15)11-16(21)20-7-8-24-14(9-20)17(22)23-2/h3-6,14H,7-11H2,1-2H3/t14-/m1/s1. The highest BCUT2D eigenvalue weighted by Crippen LogP contribution is 2.23. The zero-order valence-electron chi connectivity index (χ0n) is 14.3. The molecule has 0 N–H and O–H groups in total. The summed E-state index contributed by atoms with van der Waals surface area (Å²) in [5, 5.41) is 0.718. The minimum Gasteiger partial charge on any atom is -0.468 e. The van der Waals surface area contributed by atoms with Gasteiger partial charge in [-0.1, -0.05) is 12.1 Å². The van der Waals surface area contributed by atoms with Crippen LogP contribution in [0.4, 0.5) is 0 Å². The smallest absolute Gasteiger partial charge is 0.320 e. The number of carbonyl (C=O) groups excluding carboxylic acids is 2. The Morgan fingerprint density at radius 2 is 2.20 bits per heavy atom. The van der Waals surface area contributed by atoms with Crippen LogP contribution in [0.2, 0.25) is 0 Å². The molecule has 0 spiro atoms. The Morgan fingerprint density at radius 3 is 2.96 bits per heavy atom. The quantitative estimate of drug-likeness (QED) is 0.739. The number of esters is 1. The summed E-state index contributed by atoms with van der Waals surface area (Å²) in [6, 6.07) is 8.04. The van der Waals surface area contributed by atoms with Crippen LogP contribution in [-0.2, 0) is 20.9 Å². The van der Waals surface area contributed by atoms with Crippen LogP contribution in [0.3, 0.4) is 0 Å². The Balaban J connectivity index is 1.55. The van der Waals surface area contributed by atoms with Crippen molar-refractivity contribution in [3.63, 3.8) is 0 Å². The van der Waals surface area contributed by atoms with E-state index in [1.807, 2.05) is 30.1 Å². The summed E-state index contributed by atoms with van der Waals surface area (Å²) in [7, 11) is 3.30. The van der Waals surface area contributed by atoms with Crippen LogP contribution in [0.25, 0.3) is 10.2 Å². The van der Waals surface area contributed by atoms with Crippen molar-refractivity contribution < 1.29 is 14.3 Å². The number of para-hydroxylation sites is 1. The molecule has 1 aromatic heterocycles. The summed E-state index contributed by atoms with van der Waals surface area (Å²) >= 11 is 3.20. The van der Waals surface area contributed by atoms with Crippen molar-refractivity contribution in [2.24, 2.45) is 0 Å². The molecule has 1 aliphatic heterocycles. The Labute approximate surface area is 155 Å². The van der Waals surface area contributed by atoms with Gasteiger partial charge in [-0.25, -0.2) is 4.98 Å². The van der Waals surface area contributed by atoms with Crippen LogP contribution in [0.15, 0.2) is 24.3 Å². The lowest BCUT2D eigenvalue weighted by Gasteiger charge is -2.32. The molecule has 2 aromatic rings. The fraction of sp³-hybridized carbons (Fsp3) is 0.471. The summed E-state index contributed by atoms with van der Waals surface area (Å²) in [4.78, 5) is 32.5. The topological polar surface area (TPSA) is 62.7 Å². The molecule has 25 heavy (non-hydrogen) atoms. The number of carbonyl (C=O) groups is 2. The normalized spacial score (nSPS) is 17.9. The molecule has 8 heteroatoms. The van der Waals surface area contributed by atoms with Gasteiger partial charge in [0.1, 0.15) is 10.3 Å². The van der Waals surface area contributed by atoms with Crippen molar-refractivity contribution in [1.29, 1.82) is 0 Å². The maximum Gasteiger partial charge on any atom is 0.320 e. The predicted molar refractivity (Wildman–Crippen MR) is 101 cm³/mol. The van der Waals surface area contributed by atoms with Gasteiger partial charge in [0, 0.05) is 18.8 Å². The van der Waals surface area contributed by atoms with Gasteiger partial charge in [0.15, 0.2) is 0 Å². The van der Waals surface area contributed by atoms with Crippen LogP contribution in [0, 0.1) is 0 Å². The van der Waals surface area contributed by atoms with Crippen LogP contribution in [0.1, 0.15) is 5.01 Å². The maximum atomic E-state index is 12.5. The number of aromatic nitrogens is 1. The van der Waals surface area contributed by atoms with Gasteiger partial charge in [-0.15, -0.1) is 23.1 Å². The number of hydrogen-bond donors (Lipinski definition) is 0. The van der Waals surface area contributed by atoms with Gasteiger partial charge in [0.05, 0.1) is 30.4 Å². The molecule has 0 aliphatic carbocycles. The molecular formula is C17H21N3O3S2. The molecule has 2 heterocycles. The van der Waals surface area contributed by atoms with Gasteiger partial charge in [-0.05, 0) is 19.2 Å². The first-order chi connectivity index (χ1) is 12.1. The second-order valence-corrected chi connectivity index (χ2v) is 8.40. The van der Waals surface area contributed by atoms with Crippen LogP contribution >= 0.6 is 23.1 Å². The zero-order chi connectivity index (χ0) is 17.8. The van der Waals surface area contributed by atoms with E-state index in [0.717, 1.165) is 21.0 Å². The second kappa shape index (κ2) is 8.16. The number of fused-ring (bicyclic) bond motifs is 1. The zero-order valence-corrected chi connectivity index (χ0v) is 15.9. The largest absolute Gasteiger partial charge is 0.468 e. The third kappa shape index (κ3) is 4.50. The summed E-state index contributed by atoms with van der Waals surface area (Å²) in [6.07, 6.45) is 0. The monoisotopic (exact) mass is 379 g/mol. The molecule has 0 unspecified atom stereocenters. The van der Waals surface area contributed by atoms with Crippen LogP contribution < -0.4 is 0 Å². The second-order valence-electron chi connectivity index (χ2n) is 5.97. The number of benzene rings is 1. The van der Waals surface area contributed by atoms with E-state index in [1.165, 1.54) is 7.11 Å². The van der Waals surface area contributed by atoms with E-state index in [9.17, 15) is 9.59 Å². The average molecular weight is 380 g/mol. The number of thiazole rings is 1. The third-order valence-electron chi connectivity index (χ3n) is 4.03. The lowest BCUT2D eigenvalue weighted by molar-refractivity contribution is -0.141. The minimum atomic E-state index is -0.280. The molecule has 1 amide bonds. The number of methoxy groups -OCH3 is 1. The van der Waals surface area contributed by atoms with E-state index in [0.29, 0.717) is 26.2 Å². The lowest BCUT2D eigenvalue weighted by Crippen LogP contribution is -2.47. The van der Waals surface area contributed by atoms with Gasteiger partial charge in [0.2, 0.25) is 5.91 Å². The molecule has 0 saturated carbocycles. The summed E-state index contributed by atoms with van der Waals surface area (Å²) < 4.78 is 5.95. The molecule has 1 fully saturated rings. The minimum absolute atomic E-state index is 0.0396. The van der Waals surface area contributed by atoms with Crippen molar-refractivity contribution in [3.8, 4) is 0 Å². The third-order valence-corrected chi connectivity index (χ3v) is 6.22.